The molecule has 0 amide bonds. The van der Waals surface area contributed by atoms with E-state index in [4.69, 9.17) is 9.47 Å². The lowest BCUT2D eigenvalue weighted by Crippen LogP contribution is -2.41. The van der Waals surface area contributed by atoms with Crippen molar-refractivity contribution in [1.82, 2.24) is 5.32 Å². The molecule has 1 rings (SSSR count). The van der Waals surface area contributed by atoms with E-state index < -0.39 is 0 Å². The molecule has 98 valence electrons. The van der Waals surface area contributed by atoms with E-state index in [0.29, 0.717) is 13.2 Å². The van der Waals surface area contributed by atoms with Crippen LogP contribution in [0.25, 0.3) is 0 Å². The topological polar surface area (TPSA) is 30.5 Å². The minimum atomic E-state index is -0.145. The van der Waals surface area contributed by atoms with Crippen molar-refractivity contribution in [3.8, 4) is 0 Å². The molecule has 17 heavy (non-hydrogen) atoms. The van der Waals surface area contributed by atoms with Crippen LogP contribution in [0.5, 0.6) is 0 Å². The Balaban J connectivity index is 2.43. The summed E-state index contributed by atoms with van der Waals surface area (Å²) in [5.74, 6) is 0. The fraction of sp³-hybridized carbons (Fsp3) is 0.692. The van der Waals surface area contributed by atoms with Gasteiger partial charge in [0, 0.05) is 13.2 Å². The van der Waals surface area contributed by atoms with Crippen LogP contribution in [0.15, 0.2) is 16.8 Å². The van der Waals surface area contributed by atoms with E-state index in [1.807, 2.05) is 20.9 Å². The minimum absolute atomic E-state index is 0.145. The summed E-state index contributed by atoms with van der Waals surface area (Å²) >= 11 is 1.74. The summed E-state index contributed by atoms with van der Waals surface area (Å²) in [6.45, 7) is 5.36. The highest BCUT2D eigenvalue weighted by atomic mass is 32.1. The molecular weight excluding hydrogens is 234 g/mol. The zero-order valence-electron chi connectivity index (χ0n) is 10.9. The van der Waals surface area contributed by atoms with Crippen molar-refractivity contribution in [3.05, 3.63) is 22.4 Å². The Morgan fingerprint density at radius 1 is 1.29 bits per heavy atom. The highest BCUT2D eigenvalue weighted by Gasteiger charge is 2.20. The maximum absolute atomic E-state index is 5.62. The van der Waals surface area contributed by atoms with E-state index in [1.165, 1.54) is 5.56 Å². The molecule has 0 saturated carbocycles. The van der Waals surface area contributed by atoms with Crippen LogP contribution in [-0.2, 0) is 15.9 Å². The Morgan fingerprint density at radius 3 is 2.47 bits per heavy atom. The van der Waals surface area contributed by atoms with Gasteiger partial charge in [-0.1, -0.05) is 0 Å². The van der Waals surface area contributed by atoms with Crippen LogP contribution in [-0.4, -0.2) is 32.6 Å². The van der Waals surface area contributed by atoms with Gasteiger partial charge in [0.25, 0.3) is 0 Å². The van der Waals surface area contributed by atoms with Crippen LogP contribution >= 0.6 is 11.3 Å². The molecule has 1 unspecified atom stereocenters. The first-order valence-electron chi connectivity index (χ1n) is 6.23. The van der Waals surface area contributed by atoms with Crippen molar-refractivity contribution in [2.75, 3.05) is 20.3 Å². The normalized spacial score (nSPS) is 13.2. The average molecular weight is 257 g/mol. The summed E-state index contributed by atoms with van der Waals surface area (Å²) in [6, 6.07) is 2.42. The van der Waals surface area contributed by atoms with Gasteiger partial charge in [0.2, 0.25) is 0 Å². The first kappa shape index (κ1) is 14.6. The molecule has 0 aromatic carbocycles. The fourth-order valence-corrected chi connectivity index (χ4v) is 2.49. The van der Waals surface area contributed by atoms with Gasteiger partial charge < -0.3 is 14.8 Å². The molecule has 3 nitrogen and oxygen atoms in total. The average Bonchev–Trinajstić information content (AvgIpc) is 2.83. The third kappa shape index (κ3) is 5.17. The van der Waals surface area contributed by atoms with Crippen LogP contribution in [0.1, 0.15) is 25.8 Å². The molecule has 1 aromatic rings. The molecule has 0 aliphatic heterocycles. The first-order chi connectivity index (χ1) is 8.31. The number of thiophene rings is 1. The zero-order valence-corrected chi connectivity index (χ0v) is 11.8. The lowest BCUT2D eigenvalue weighted by atomic mass is 10.1. The summed E-state index contributed by atoms with van der Waals surface area (Å²) in [5, 5.41) is 7.60. The van der Waals surface area contributed by atoms with Crippen molar-refractivity contribution in [3.63, 3.8) is 0 Å². The molecule has 0 bridgehead atoms. The van der Waals surface area contributed by atoms with E-state index in [1.54, 1.807) is 11.3 Å². The fourth-order valence-electron chi connectivity index (χ4n) is 1.78. The molecule has 1 aromatic heterocycles. The van der Waals surface area contributed by atoms with Crippen molar-refractivity contribution >= 4 is 11.3 Å². The number of aryl methyl sites for hydroxylation is 1. The largest absolute Gasteiger partial charge is 0.351 e. The molecule has 0 saturated heterocycles. The molecule has 0 spiro atoms. The number of hydrogen-bond acceptors (Lipinski definition) is 4. The van der Waals surface area contributed by atoms with Crippen LogP contribution < -0.4 is 5.32 Å². The van der Waals surface area contributed by atoms with Gasteiger partial charge in [0.15, 0.2) is 6.29 Å². The van der Waals surface area contributed by atoms with E-state index in [0.717, 1.165) is 12.8 Å². The zero-order chi connectivity index (χ0) is 12.5. The Morgan fingerprint density at radius 2 is 2.00 bits per heavy atom. The van der Waals surface area contributed by atoms with Crippen LogP contribution in [0.3, 0.4) is 0 Å². The van der Waals surface area contributed by atoms with E-state index in [2.05, 4.69) is 22.1 Å². The van der Waals surface area contributed by atoms with Crippen LogP contribution in [0.4, 0.5) is 0 Å². The number of rotatable bonds is 9. The smallest absolute Gasteiger partial charge is 0.172 e. The Hall–Kier alpha value is -0.420. The number of nitrogens with one attached hydrogen (secondary N) is 1. The molecular formula is C13H23NO2S. The predicted octanol–water partition coefficient (Wildman–Crippen LogP) is 2.67. The second-order valence-electron chi connectivity index (χ2n) is 3.84. The van der Waals surface area contributed by atoms with Gasteiger partial charge in [-0.05, 0) is 56.1 Å². The van der Waals surface area contributed by atoms with Gasteiger partial charge in [-0.2, -0.15) is 11.3 Å². The van der Waals surface area contributed by atoms with E-state index in [9.17, 15) is 0 Å². The van der Waals surface area contributed by atoms with E-state index in [-0.39, 0.29) is 12.3 Å². The highest BCUT2D eigenvalue weighted by Crippen LogP contribution is 2.13. The number of hydrogen-bond donors (Lipinski definition) is 1. The minimum Gasteiger partial charge on any atom is -0.351 e. The summed E-state index contributed by atoms with van der Waals surface area (Å²) in [5.41, 5.74) is 1.39. The molecule has 0 aliphatic carbocycles. The number of likely N-dealkylation sites (N-methyl/N-ethyl adjacent to an activating group) is 1. The maximum Gasteiger partial charge on any atom is 0.172 e. The van der Waals surface area contributed by atoms with Crippen molar-refractivity contribution in [2.45, 2.75) is 39.0 Å². The van der Waals surface area contributed by atoms with Crippen molar-refractivity contribution in [2.24, 2.45) is 0 Å². The summed E-state index contributed by atoms with van der Waals surface area (Å²) in [4.78, 5) is 0. The summed E-state index contributed by atoms with van der Waals surface area (Å²) in [6.07, 6.45) is 1.94. The Kier molecular flexibility index (Phi) is 7.44. The van der Waals surface area contributed by atoms with Crippen molar-refractivity contribution < 1.29 is 9.47 Å². The predicted molar refractivity (Wildman–Crippen MR) is 72.5 cm³/mol. The molecule has 1 N–H and O–H groups in total. The quantitative estimate of drug-likeness (QED) is 0.690. The molecule has 1 atom stereocenters. The van der Waals surface area contributed by atoms with Gasteiger partial charge >= 0.3 is 0 Å². The second-order valence-corrected chi connectivity index (χ2v) is 4.62. The lowest BCUT2D eigenvalue weighted by Gasteiger charge is -2.26. The highest BCUT2D eigenvalue weighted by molar-refractivity contribution is 7.07. The summed E-state index contributed by atoms with van der Waals surface area (Å²) < 4.78 is 11.2. The van der Waals surface area contributed by atoms with Crippen LogP contribution in [0.2, 0.25) is 0 Å². The van der Waals surface area contributed by atoms with Gasteiger partial charge in [-0.3, -0.25) is 0 Å². The Labute approximate surface area is 108 Å². The third-order valence-electron chi connectivity index (χ3n) is 2.69. The first-order valence-corrected chi connectivity index (χ1v) is 7.17. The van der Waals surface area contributed by atoms with Gasteiger partial charge in [-0.25, -0.2) is 0 Å². The second kappa shape index (κ2) is 8.64. The van der Waals surface area contributed by atoms with Crippen LogP contribution in [0, 0.1) is 0 Å². The van der Waals surface area contributed by atoms with Gasteiger partial charge in [-0.15, -0.1) is 0 Å². The van der Waals surface area contributed by atoms with Gasteiger partial charge in [0.05, 0.1) is 6.04 Å². The molecule has 4 heteroatoms. The Bertz CT molecular complexity index is 271. The molecule has 0 aliphatic rings. The molecule has 0 fully saturated rings. The molecule has 1 heterocycles. The monoisotopic (exact) mass is 257 g/mol. The van der Waals surface area contributed by atoms with E-state index >= 15 is 0 Å². The lowest BCUT2D eigenvalue weighted by molar-refractivity contribution is -0.153. The summed E-state index contributed by atoms with van der Waals surface area (Å²) in [7, 11) is 1.96. The maximum atomic E-state index is 5.62. The van der Waals surface area contributed by atoms with Gasteiger partial charge in [0.1, 0.15) is 0 Å². The molecule has 0 radical (unpaired) electrons. The van der Waals surface area contributed by atoms with Crippen molar-refractivity contribution in [1.29, 1.82) is 0 Å². The number of ether oxygens (including phenoxy) is 2. The third-order valence-corrected chi connectivity index (χ3v) is 3.42. The SMILES string of the molecule is CCOC(OCC)C(CCc1ccsc1)NC. The standard InChI is InChI=1S/C13H23NO2S/c1-4-15-13(16-5-2)12(14-3)7-6-11-8-9-17-10-11/h8-10,12-14H,4-7H2,1-3H3.